The Balaban J connectivity index is 1.79. The van der Waals surface area contributed by atoms with Gasteiger partial charge in [-0.25, -0.2) is 0 Å². The first-order chi connectivity index (χ1) is 9.36. The van der Waals surface area contributed by atoms with E-state index >= 15 is 0 Å². The first-order valence-electron chi connectivity index (χ1n) is 6.75. The number of rotatable bonds is 3. The van der Waals surface area contributed by atoms with Crippen LogP contribution in [0.2, 0.25) is 0 Å². The highest BCUT2D eigenvalue weighted by atomic mass is 16.5. The Morgan fingerprint density at radius 1 is 1.11 bits per heavy atom. The molecule has 0 atom stereocenters. The number of nitrogens with two attached hydrogens (primary N) is 1. The monoisotopic (exact) mass is 258 g/mol. The minimum absolute atomic E-state index is 0.545. The Bertz CT molecular complexity index is 529. The van der Waals surface area contributed by atoms with E-state index in [0.29, 0.717) is 18.4 Å². The van der Waals surface area contributed by atoms with E-state index in [0.717, 1.165) is 24.2 Å². The lowest BCUT2D eigenvalue weighted by Gasteiger charge is -2.24. The van der Waals surface area contributed by atoms with E-state index in [9.17, 15) is 0 Å². The summed E-state index contributed by atoms with van der Waals surface area (Å²) in [5, 5.41) is 4.07. The van der Waals surface area contributed by atoms with Crippen LogP contribution < -0.4 is 10.6 Å². The fourth-order valence-corrected chi connectivity index (χ4v) is 2.34. The number of piperidine rings is 1. The van der Waals surface area contributed by atoms with Crippen molar-refractivity contribution in [2.75, 3.05) is 18.0 Å². The van der Waals surface area contributed by atoms with Crippen LogP contribution in [0.3, 0.4) is 0 Å². The zero-order valence-electron chi connectivity index (χ0n) is 10.9. The average molecular weight is 258 g/mol. The van der Waals surface area contributed by atoms with Gasteiger partial charge in [-0.3, -0.25) is 0 Å². The maximum Gasteiger partial charge on any atom is 0.266 e. The van der Waals surface area contributed by atoms with Crippen LogP contribution in [0, 0.1) is 0 Å². The highest BCUT2D eigenvalue weighted by Gasteiger charge is 2.17. The standard InChI is InChI=1S/C14H18N4O/c15-10-11-4-6-12(7-5-11)13-16-14(17-19-13)18-8-2-1-3-9-18/h4-7H,1-3,8-10,15H2. The Kier molecular flexibility index (Phi) is 3.46. The van der Waals surface area contributed by atoms with E-state index in [1.54, 1.807) is 0 Å². The molecule has 0 radical (unpaired) electrons. The lowest BCUT2D eigenvalue weighted by Crippen LogP contribution is -2.30. The van der Waals surface area contributed by atoms with Crippen molar-refractivity contribution in [3.05, 3.63) is 29.8 Å². The number of aromatic nitrogens is 2. The van der Waals surface area contributed by atoms with Crippen molar-refractivity contribution in [3.63, 3.8) is 0 Å². The molecule has 1 aliphatic heterocycles. The molecule has 1 aromatic heterocycles. The summed E-state index contributed by atoms with van der Waals surface area (Å²) in [7, 11) is 0. The van der Waals surface area contributed by atoms with Gasteiger partial charge in [0.2, 0.25) is 0 Å². The van der Waals surface area contributed by atoms with Gasteiger partial charge < -0.3 is 15.2 Å². The van der Waals surface area contributed by atoms with Crippen molar-refractivity contribution in [2.24, 2.45) is 5.73 Å². The second-order valence-corrected chi connectivity index (χ2v) is 4.85. The molecule has 19 heavy (non-hydrogen) atoms. The minimum atomic E-state index is 0.545. The predicted molar refractivity (Wildman–Crippen MR) is 73.7 cm³/mol. The van der Waals surface area contributed by atoms with Gasteiger partial charge in [0.1, 0.15) is 0 Å². The molecule has 100 valence electrons. The van der Waals surface area contributed by atoms with E-state index in [4.69, 9.17) is 10.3 Å². The molecule has 0 aliphatic carbocycles. The summed E-state index contributed by atoms with van der Waals surface area (Å²) in [5.74, 6) is 1.28. The number of hydrogen-bond acceptors (Lipinski definition) is 5. The van der Waals surface area contributed by atoms with Gasteiger partial charge in [0.25, 0.3) is 11.8 Å². The first-order valence-corrected chi connectivity index (χ1v) is 6.75. The van der Waals surface area contributed by atoms with Crippen LogP contribution in [0.1, 0.15) is 24.8 Å². The van der Waals surface area contributed by atoms with E-state index < -0.39 is 0 Å². The van der Waals surface area contributed by atoms with Crippen LogP contribution >= 0.6 is 0 Å². The summed E-state index contributed by atoms with van der Waals surface area (Å²) in [6, 6.07) is 7.91. The van der Waals surface area contributed by atoms with Gasteiger partial charge in [-0.15, -0.1) is 0 Å². The third-order valence-electron chi connectivity index (χ3n) is 3.49. The topological polar surface area (TPSA) is 68.2 Å². The molecule has 1 aromatic carbocycles. The molecule has 5 heteroatoms. The number of hydrogen-bond donors (Lipinski definition) is 1. The van der Waals surface area contributed by atoms with Crippen molar-refractivity contribution in [2.45, 2.75) is 25.8 Å². The third kappa shape index (κ3) is 2.61. The Hall–Kier alpha value is -1.88. The van der Waals surface area contributed by atoms with Gasteiger partial charge in [-0.2, -0.15) is 4.98 Å². The smallest absolute Gasteiger partial charge is 0.266 e. The Morgan fingerprint density at radius 3 is 2.53 bits per heavy atom. The van der Waals surface area contributed by atoms with E-state index in [1.165, 1.54) is 19.3 Å². The molecule has 3 rings (SSSR count). The molecule has 1 saturated heterocycles. The summed E-state index contributed by atoms with van der Waals surface area (Å²) in [6.45, 7) is 2.58. The van der Waals surface area contributed by atoms with Gasteiger partial charge in [-0.05, 0) is 42.1 Å². The van der Waals surface area contributed by atoms with Gasteiger partial charge in [0, 0.05) is 25.2 Å². The highest BCUT2D eigenvalue weighted by molar-refractivity contribution is 5.55. The second kappa shape index (κ2) is 5.40. The molecule has 1 fully saturated rings. The lowest BCUT2D eigenvalue weighted by atomic mass is 10.1. The molecule has 2 heterocycles. The summed E-state index contributed by atoms with van der Waals surface area (Å²) in [6.07, 6.45) is 3.70. The van der Waals surface area contributed by atoms with Crippen molar-refractivity contribution in [3.8, 4) is 11.5 Å². The fourth-order valence-electron chi connectivity index (χ4n) is 2.34. The Morgan fingerprint density at radius 2 is 1.84 bits per heavy atom. The van der Waals surface area contributed by atoms with Crippen molar-refractivity contribution in [1.82, 2.24) is 10.1 Å². The quantitative estimate of drug-likeness (QED) is 0.914. The molecule has 0 amide bonds. The first kappa shape index (κ1) is 12.2. The van der Waals surface area contributed by atoms with Gasteiger partial charge in [0.05, 0.1) is 0 Å². The molecule has 0 spiro atoms. The van der Waals surface area contributed by atoms with Crippen molar-refractivity contribution >= 4 is 5.95 Å². The van der Waals surface area contributed by atoms with Crippen LogP contribution in [0.5, 0.6) is 0 Å². The molecule has 5 nitrogen and oxygen atoms in total. The van der Waals surface area contributed by atoms with E-state index in [2.05, 4.69) is 15.0 Å². The summed E-state index contributed by atoms with van der Waals surface area (Å²) in [5.41, 5.74) is 7.62. The summed E-state index contributed by atoms with van der Waals surface area (Å²) < 4.78 is 5.34. The van der Waals surface area contributed by atoms with Gasteiger partial charge >= 0.3 is 0 Å². The maximum absolute atomic E-state index is 5.58. The molecular weight excluding hydrogens is 240 g/mol. The molecule has 0 unspecified atom stereocenters. The van der Waals surface area contributed by atoms with E-state index in [-0.39, 0.29) is 0 Å². The normalized spacial score (nSPS) is 15.7. The van der Waals surface area contributed by atoms with Crippen molar-refractivity contribution in [1.29, 1.82) is 0 Å². The van der Waals surface area contributed by atoms with Crippen LogP contribution in [0.15, 0.2) is 28.8 Å². The second-order valence-electron chi connectivity index (χ2n) is 4.85. The Labute approximate surface area is 112 Å². The van der Waals surface area contributed by atoms with Crippen LogP contribution in [-0.4, -0.2) is 23.2 Å². The fraction of sp³-hybridized carbons (Fsp3) is 0.429. The van der Waals surface area contributed by atoms with E-state index in [1.807, 2.05) is 24.3 Å². The lowest BCUT2D eigenvalue weighted by molar-refractivity contribution is 0.426. The van der Waals surface area contributed by atoms with Crippen LogP contribution in [-0.2, 0) is 6.54 Å². The molecule has 1 aliphatic rings. The van der Waals surface area contributed by atoms with Crippen LogP contribution in [0.25, 0.3) is 11.5 Å². The van der Waals surface area contributed by atoms with Crippen LogP contribution in [0.4, 0.5) is 5.95 Å². The SMILES string of the molecule is NCc1ccc(-c2nc(N3CCCCC3)no2)cc1. The highest BCUT2D eigenvalue weighted by Crippen LogP contribution is 2.22. The molecule has 0 bridgehead atoms. The summed E-state index contributed by atoms with van der Waals surface area (Å²) >= 11 is 0. The molecule has 2 N–H and O–H groups in total. The summed E-state index contributed by atoms with van der Waals surface area (Å²) in [4.78, 5) is 6.66. The van der Waals surface area contributed by atoms with Gasteiger partial charge in [0.15, 0.2) is 0 Å². The van der Waals surface area contributed by atoms with Gasteiger partial charge in [-0.1, -0.05) is 12.1 Å². The maximum atomic E-state index is 5.58. The zero-order valence-corrected chi connectivity index (χ0v) is 10.9. The number of benzene rings is 1. The average Bonchev–Trinajstić information content (AvgIpc) is 2.98. The predicted octanol–water partition coefficient (Wildman–Crippen LogP) is 2.19. The number of nitrogens with zero attached hydrogens (tertiary/aromatic N) is 3. The molecule has 0 saturated carbocycles. The zero-order chi connectivity index (χ0) is 13.1. The van der Waals surface area contributed by atoms with Crippen molar-refractivity contribution < 1.29 is 4.52 Å². The largest absolute Gasteiger partial charge is 0.338 e. The number of anilines is 1. The molecular formula is C14H18N4O. The third-order valence-corrected chi connectivity index (χ3v) is 3.49. The minimum Gasteiger partial charge on any atom is -0.338 e. The molecule has 2 aromatic rings.